The molecule has 2 aromatic carbocycles. The Morgan fingerprint density at radius 1 is 1.26 bits per heavy atom. The van der Waals surface area contributed by atoms with Gasteiger partial charge < -0.3 is 15.4 Å². The van der Waals surface area contributed by atoms with Crippen molar-refractivity contribution in [1.29, 1.82) is 0 Å². The molecule has 0 unspecified atom stereocenters. The van der Waals surface area contributed by atoms with Gasteiger partial charge in [-0.05, 0) is 23.8 Å². The van der Waals surface area contributed by atoms with Gasteiger partial charge in [-0.2, -0.15) is 0 Å². The van der Waals surface area contributed by atoms with E-state index >= 15 is 0 Å². The van der Waals surface area contributed by atoms with Crippen LogP contribution in [-0.2, 0) is 22.6 Å². The van der Waals surface area contributed by atoms with Crippen molar-refractivity contribution in [1.82, 2.24) is 5.32 Å². The molecule has 0 fully saturated rings. The van der Waals surface area contributed by atoms with Gasteiger partial charge in [0.15, 0.2) is 6.61 Å². The molecule has 0 bridgehead atoms. The van der Waals surface area contributed by atoms with Gasteiger partial charge in [-0.1, -0.05) is 24.3 Å². The van der Waals surface area contributed by atoms with Gasteiger partial charge >= 0.3 is 0 Å². The molecule has 2 amide bonds. The quantitative estimate of drug-likeness (QED) is 0.907. The fourth-order valence-corrected chi connectivity index (χ4v) is 2.32. The zero-order chi connectivity index (χ0) is 16.2. The van der Waals surface area contributed by atoms with Gasteiger partial charge in [0.1, 0.15) is 11.6 Å². The largest absolute Gasteiger partial charge is 0.482 e. The molecule has 118 valence electrons. The van der Waals surface area contributed by atoms with Crippen molar-refractivity contribution in [3.63, 3.8) is 0 Å². The number of anilines is 1. The Balaban J connectivity index is 1.61. The number of carbonyl (C=O) groups is 2. The molecule has 2 N–H and O–H groups in total. The molecule has 1 heterocycles. The Morgan fingerprint density at radius 3 is 2.91 bits per heavy atom. The maximum atomic E-state index is 13.5. The minimum absolute atomic E-state index is 0.00449. The molecule has 0 atom stereocenters. The minimum Gasteiger partial charge on any atom is -0.482 e. The summed E-state index contributed by atoms with van der Waals surface area (Å²) in [5.41, 5.74) is 1.73. The zero-order valence-corrected chi connectivity index (χ0v) is 12.3. The maximum absolute atomic E-state index is 13.5. The summed E-state index contributed by atoms with van der Waals surface area (Å²) < 4.78 is 18.7. The predicted molar refractivity (Wildman–Crippen MR) is 82.5 cm³/mol. The predicted octanol–water partition coefficient (Wildman–Crippen LogP) is 2.02. The van der Waals surface area contributed by atoms with Crippen LogP contribution in [0.1, 0.15) is 11.1 Å². The van der Waals surface area contributed by atoms with Crippen LogP contribution >= 0.6 is 0 Å². The van der Waals surface area contributed by atoms with E-state index in [9.17, 15) is 14.0 Å². The molecule has 1 aliphatic rings. The standard InChI is InChI=1S/C17H15FN2O3/c18-13-4-2-1-3-12(13)9-19-16(21)8-11-5-6-15-14(7-11)20-17(22)10-23-15/h1-7H,8-10H2,(H,19,21)(H,20,22). The first kappa shape index (κ1) is 15.0. The number of ether oxygens (including phenoxy) is 1. The molecular weight excluding hydrogens is 299 g/mol. The number of hydrogen-bond acceptors (Lipinski definition) is 3. The molecule has 0 radical (unpaired) electrons. The summed E-state index contributed by atoms with van der Waals surface area (Å²) in [4.78, 5) is 23.3. The third kappa shape index (κ3) is 3.66. The van der Waals surface area contributed by atoms with E-state index in [-0.39, 0.29) is 37.2 Å². The summed E-state index contributed by atoms with van der Waals surface area (Å²) in [6, 6.07) is 11.5. The van der Waals surface area contributed by atoms with Gasteiger partial charge in [0.25, 0.3) is 5.91 Å². The number of benzene rings is 2. The summed E-state index contributed by atoms with van der Waals surface area (Å²) in [7, 11) is 0. The minimum atomic E-state index is -0.346. The van der Waals surface area contributed by atoms with Gasteiger partial charge in [0, 0.05) is 12.1 Å². The van der Waals surface area contributed by atoms with E-state index in [0.29, 0.717) is 17.0 Å². The van der Waals surface area contributed by atoms with Crippen molar-refractivity contribution in [2.75, 3.05) is 11.9 Å². The lowest BCUT2D eigenvalue weighted by molar-refractivity contribution is -0.120. The van der Waals surface area contributed by atoms with E-state index in [4.69, 9.17) is 4.74 Å². The van der Waals surface area contributed by atoms with Crippen LogP contribution in [0.15, 0.2) is 42.5 Å². The molecule has 1 aliphatic heterocycles. The topological polar surface area (TPSA) is 67.4 Å². The van der Waals surface area contributed by atoms with Crippen molar-refractivity contribution < 1.29 is 18.7 Å². The Morgan fingerprint density at radius 2 is 2.09 bits per heavy atom. The molecule has 6 heteroatoms. The van der Waals surface area contributed by atoms with Gasteiger partial charge in [0.2, 0.25) is 5.91 Å². The second-order valence-corrected chi connectivity index (χ2v) is 5.21. The van der Waals surface area contributed by atoms with Crippen LogP contribution in [0, 0.1) is 5.82 Å². The Hall–Kier alpha value is -2.89. The van der Waals surface area contributed by atoms with E-state index < -0.39 is 0 Å². The van der Waals surface area contributed by atoms with Crippen LogP contribution in [0.25, 0.3) is 0 Å². The van der Waals surface area contributed by atoms with Crippen molar-refractivity contribution in [3.8, 4) is 5.75 Å². The van der Waals surface area contributed by atoms with Crippen molar-refractivity contribution in [2.45, 2.75) is 13.0 Å². The smallest absolute Gasteiger partial charge is 0.262 e. The number of hydrogen-bond donors (Lipinski definition) is 2. The molecule has 2 aromatic rings. The number of fused-ring (bicyclic) bond motifs is 1. The fourth-order valence-electron chi connectivity index (χ4n) is 2.32. The highest BCUT2D eigenvalue weighted by atomic mass is 19.1. The maximum Gasteiger partial charge on any atom is 0.262 e. The lowest BCUT2D eigenvalue weighted by Crippen LogP contribution is -2.26. The second-order valence-electron chi connectivity index (χ2n) is 5.21. The highest BCUT2D eigenvalue weighted by Gasteiger charge is 2.16. The normalized spacial score (nSPS) is 12.8. The number of halogens is 1. The Labute approximate surface area is 132 Å². The van der Waals surface area contributed by atoms with Crippen LogP contribution in [0.4, 0.5) is 10.1 Å². The van der Waals surface area contributed by atoms with Crippen LogP contribution in [0.2, 0.25) is 0 Å². The molecule has 0 aromatic heterocycles. The molecule has 3 rings (SSSR count). The molecule has 0 saturated heterocycles. The van der Waals surface area contributed by atoms with Crippen LogP contribution in [0.5, 0.6) is 5.75 Å². The third-order valence-corrected chi connectivity index (χ3v) is 3.48. The molecule has 0 aliphatic carbocycles. The van der Waals surface area contributed by atoms with Gasteiger partial charge in [-0.15, -0.1) is 0 Å². The van der Waals surface area contributed by atoms with Crippen molar-refractivity contribution in [3.05, 3.63) is 59.4 Å². The summed E-state index contributed by atoms with van der Waals surface area (Å²) in [5.74, 6) is -0.212. The number of carbonyl (C=O) groups excluding carboxylic acids is 2. The molecule has 0 saturated carbocycles. The summed E-state index contributed by atoms with van der Waals surface area (Å²) in [5, 5.41) is 5.37. The second kappa shape index (κ2) is 6.48. The number of rotatable bonds is 4. The van der Waals surface area contributed by atoms with E-state index in [1.54, 1.807) is 36.4 Å². The van der Waals surface area contributed by atoms with Crippen molar-refractivity contribution >= 4 is 17.5 Å². The lowest BCUT2D eigenvalue weighted by Gasteiger charge is -2.18. The Bertz CT molecular complexity index is 761. The zero-order valence-electron chi connectivity index (χ0n) is 12.3. The van der Waals surface area contributed by atoms with E-state index in [2.05, 4.69) is 10.6 Å². The van der Waals surface area contributed by atoms with Crippen molar-refractivity contribution in [2.24, 2.45) is 0 Å². The average Bonchev–Trinajstić information content (AvgIpc) is 2.54. The first-order chi connectivity index (χ1) is 11.1. The third-order valence-electron chi connectivity index (χ3n) is 3.48. The van der Waals surface area contributed by atoms with E-state index in [1.807, 2.05) is 0 Å². The average molecular weight is 314 g/mol. The van der Waals surface area contributed by atoms with Crippen LogP contribution in [0.3, 0.4) is 0 Å². The Kier molecular flexibility index (Phi) is 4.23. The molecule has 0 spiro atoms. The highest BCUT2D eigenvalue weighted by molar-refractivity contribution is 5.95. The monoisotopic (exact) mass is 314 g/mol. The first-order valence-electron chi connectivity index (χ1n) is 7.17. The summed E-state index contributed by atoms with van der Waals surface area (Å²) in [6.07, 6.45) is 0.137. The summed E-state index contributed by atoms with van der Waals surface area (Å²) >= 11 is 0. The summed E-state index contributed by atoms with van der Waals surface area (Å²) in [6.45, 7) is 0.131. The van der Waals surface area contributed by atoms with Crippen LogP contribution in [-0.4, -0.2) is 18.4 Å². The number of nitrogens with one attached hydrogen (secondary N) is 2. The van der Waals surface area contributed by atoms with Gasteiger partial charge in [0.05, 0.1) is 12.1 Å². The SMILES string of the molecule is O=C(Cc1ccc2c(c1)NC(=O)CO2)NCc1ccccc1F. The highest BCUT2D eigenvalue weighted by Crippen LogP contribution is 2.28. The van der Waals surface area contributed by atoms with Crippen LogP contribution < -0.4 is 15.4 Å². The molecular formula is C17H15FN2O3. The van der Waals surface area contributed by atoms with E-state index in [0.717, 1.165) is 5.56 Å². The first-order valence-corrected chi connectivity index (χ1v) is 7.17. The van der Waals surface area contributed by atoms with Gasteiger partial charge in [-0.3, -0.25) is 9.59 Å². The number of amides is 2. The van der Waals surface area contributed by atoms with E-state index in [1.165, 1.54) is 6.07 Å². The lowest BCUT2D eigenvalue weighted by atomic mass is 10.1. The fraction of sp³-hybridized carbons (Fsp3) is 0.176. The molecule has 5 nitrogen and oxygen atoms in total. The molecule has 23 heavy (non-hydrogen) atoms. The van der Waals surface area contributed by atoms with Gasteiger partial charge in [-0.25, -0.2) is 4.39 Å².